The molecule has 0 aliphatic rings. The molecule has 1 aromatic heterocycles. The molecule has 4 nitrogen and oxygen atoms in total. The zero-order valence-electron chi connectivity index (χ0n) is 12.9. The van der Waals surface area contributed by atoms with E-state index in [1.54, 1.807) is 18.5 Å². The fourth-order valence-electron chi connectivity index (χ4n) is 2.08. The van der Waals surface area contributed by atoms with E-state index in [1.807, 2.05) is 6.92 Å². The van der Waals surface area contributed by atoms with Crippen molar-refractivity contribution in [2.45, 2.75) is 25.9 Å². The Balaban J connectivity index is 2.00. The van der Waals surface area contributed by atoms with Gasteiger partial charge in [0.25, 0.3) is 0 Å². The summed E-state index contributed by atoms with van der Waals surface area (Å²) in [5.41, 5.74) is 0.831. The standard InChI is InChI=1S/C16H18F3N3O/c1-3-11-9-21-15(22-10-11)20-7-6-12-4-5-14(23-2)13(8-12)16(17,18)19/h4-5,8-10H,3,6-7H2,1-2H3,(H,20,21,22). The Bertz CT molecular complexity index is 642. The Morgan fingerprint density at radius 1 is 1.13 bits per heavy atom. The lowest BCUT2D eigenvalue weighted by atomic mass is 10.1. The predicted octanol–water partition coefficient (Wildman–Crippen LogP) is 3.72. The van der Waals surface area contributed by atoms with Crippen LogP contribution >= 0.6 is 0 Å². The average molecular weight is 325 g/mol. The van der Waals surface area contributed by atoms with Gasteiger partial charge in [0.1, 0.15) is 5.75 Å². The number of aryl methyl sites for hydroxylation is 1. The van der Waals surface area contributed by atoms with E-state index in [-0.39, 0.29) is 5.75 Å². The molecule has 1 heterocycles. The van der Waals surface area contributed by atoms with Crippen LogP contribution in [0.3, 0.4) is 0 Å². The number of aromatic nitrogens is 2. The zero-order valence-corrected chi connectivity index (χ0v) is 12.9. The van der Waals surface area contributed by atoms with Crippen LogP contribution in [0, 0.1) is 0 Å². The Labute approximate surface area is 132 Å². The number of methoxy groups -OCH3 is 1. The monoisotopic (exact) mass is 325 g/mol. The number of hydrogen-bond donors (Lipinski definition) is 1. The number of hydrogen-bond acceptors (Lipinski definition) is 4. The minimum Gasteiger partial charge on any atom is -0.496 e. The van der Waals surface area contributed by atoms with Gasteiger partial charge in [0, 0.05) is 18.9 Å². The number of benzene rings is 1. The molecule has 0 spiro atoms. The maximum Gasteiger partial charge on any atom is 0.419 e. The van der Waals surface area contributed by atoms with E-state index < -0.39 is 11.7 Å². The largest absolute Gasteiger partial charge is 0.496 e. The summed E-state index contributed by atoms with van der Waals surface area (Å²) in [5.74, 6) is 0.291. The van der Waals surface area contributed by atoms with E-state index in [2.05, 4.69) is 15.3 Å². The van der Waals surface area contributed by atoms with Crippen molar-refractivity contribution in [3.8, 4) is 5.75 Å². The topological polar surface area (TPSA) is 47.0 Å². The third-order valence-corrected chi connectivity index (χ3v) is 3.38. The van der Waals surface area contributed by atoms with Crippen LogP contribution in [-0.4, -0.2) is 23.6 Å². The second-order valence-corrected chi connectivity index (χ2v) is 4.98. The van der Waals surface area contributed by atoms with Gasteiger partial charge in [-0.05, 0) is 36.1 Å². The molecule has 124 valence electrons. The van der Waals surface area contributed by atoms with Crippen molar-refractivity contribution in [1.29, 1.82) is 0 Å². The number of halogens is 3. The number of anilines is 1. The molecule has 2 aromatic rings. The van der Waals surface area contributed by atoms with Crippen LogP contribution in [0.15, 0.2) is 30.6 Å². The van der Waals surface area contributed by atoms with Gasteiger partial charge in [0.05, 0.1) is 12.7 Å². The lowest BCUT2D eigenvalue weighted by Gasteiger charge is -2.13. The SMILES string of the molecule is CCc1cnc(NCCc2ccc(OC)c(C(F)(F)F)c2)nc1. The van der Waals surface area contributed by atoms with Crippen LogP contribution in [0.1, 0.15) is 23.6 Å². The van der Waals surface area contributed by atoms with Crippen molar-refractivity contribution < 1.29 is 17.9 Å². The summed E-state index contributed by atoms with van der Waals surface area (Å²) in [6, 6.07) is 4.07. The number of ether oxygens (including phenoxy) is 1. The first-order valence-electron chi connectivity index (χ1n) is 7.23. The molecule has 0 unspecified atom stereocenters. The molecular formula is C16H18F3N3O. The molecular weight excluding hydrogens is 307 g/mol. The first-order chi connectivity index (χ1) is 10.9. The summed E-state index contributed by atoms with van der Waals surface area (Å²) in [6.45, 7) is 2.45. The molecule has 0 saturated carbocycles. The number of nitrogens with one attached hydrogen (secondary N) is 1. The lowest BCUT2D eigenvalue weighted by molar-refractivity contribution is -0.138. The van der Waals surface area contributed by atoms with Crippen LogP contribution in [0.2, 0.25) is 0 Å². The van der Waals surface area contributed by atoms with Crippen LogP contribution in [0.5, 0.6) is 5.75 Å². The molecule has 0 saturated heterocycles. The molecule has 0 bridgehead atoms. The third kappa shape index (κ3) is 4.58. The van der Waals surface area contributed by atoms with E-state index in [9.17, 15) is 13.2 Å². The van der Waals surface area contributed by atoms with Gasteiger partial charge in [-0.1, -0.05) is 13.0 Å². The number of alkyl halides is 3. The Morgan fingerprint density at radius 2 is 1.83 bits per heavy atom. The zero-order chi connectivity index (χ0) is 16.9. The second-order valence-electron chi connectivity index (χ2n) is 4.98. The maximum atomic E-state index is 13.0. The van der Waals surface area contributed by atoms with E-state index in [1.165, 1.54) is 13.2 Å². The summed E-state index contributed by atoms with van der Waals surface area (Å²) in [4.78, 5) is 8.29. The molecule has 0 fully saturated rings. The quantitative estimate of drug-likeness (QED) is 0.879. The maximum absolute atomic E-state index is 13.0. The Kier molecular flexibility index (Phi) is 5.41. The highest BCUT2D eigenvalue weighted by atomic mass is 19.4. The van der Waals surface area contributed by atoms with Gasteiger partial charge in [0.2, 0.25) is 5.95 Å². The van der Waals surface area contributed by atoms with Gasteiger partial charge >= 0.3 is 6.18 Å². The molecule has 1 aromatic carbocycles. The van der Waals surface area contributed by atoms with Crippen molar-refractivity contribution in [2.24, 2.45) is 0 Å². The average Bonchev–Trinajstić information content (AvgIpc) is 2.54. The smallest absolute Gasteiger partial charge is 0.419 e. The highest BCUT2D eigenvalue weighted by Crippen LogP contribution is 2.36. The Hall–Kier alpha value is -2.31. The van der Waals surface area contributed by atoms with Gasteiger partial charge in [0.15, 0.2) is 0 Å². The fraction of sp³-hybridized carbons (Fsp3) is 0.375. The third-order valence-electron chi connectivity index (χ3n) is 3.38. The van der Waals surface area contributed by atoms with E-state index in [0.717, 1.165) is 18.1 Å². The second kappa shape index (κ2) is 7.30. The molecule has 1 N–H and O–H groups in total. The summed E-state index contributed by atoms with van der Waals surface area (Å²) in [6.07, 6.45) is 0.293. The molecule has 0 amide bonds. The number of nitrogens with zero attached hydrogens (tertiary/aromatic N) is 2. The normalized spacial score (nSPS) is 11.3. The van der Waals surface area contributed by atoms with Gasteiger partial charge in [-0.3, -0.25) is 0 Å². The van der Waals surface area contributed by atoms with Crippen molar-refractivity contribution in [3.63, 3.8) is 0 Å². The first-order valence-corrected chi connectivity index (χ1v) is 7.23. The van der Waals surface area contributed by atoms with Crippen molar-refractivity contribution >= 4 is 5.95 Å². The van der Waals surface area contributed by atoms with E-state index in [0.29, 0.717) is 24.5 Å². The minimum absolute atomic E-state index is 0.173. The van der Waals surface area contributed by atoms with E-state index >= 15 is 0 Å². The van der Waals surface area contributed by atoms with E-state index in [4.69, 9.17) is 4.74 Å². The highest BCUT2D eigenvalue weighted by molar-refractivity contribution is 5.39. The summed E-state index contributed by atoms with van der Waals surface area (Å²) in [7, 11) is 1.23. The predicted molar refractivity (Wildman–Crippen MR) is 81.6 cm³/mol. The molecule has 0 atom stereocenters. The first kappa shape index (κ1) is 17.1. The van der Waals surface area contributed by atoms with Gasteiger partial charge < -0.3 is 10.1 Å². The van der Waals surface area contributed by atoms with Crippen LogP contribution in [0.4, 0.5) is 19.1 Å². The van der Waals surface area contributed by atoms with Gasteiger partial charge in [-0.2, -0.15) is 13.2 Å². The van der Waals surface area contributed by atoms with Crippen molar-refractivity contribution in [2.75, 3.05) is 19.0 Å². The lowest BCUT2D eigenvalue weighted by Crippen LogP contribution is -2.11. The molecule has 23 heavy (non-hydrogen) atoms. The molecule has 7 heteroatoms. The van der Waals surface area contributed by atoms with Crippen LogP contribution in [0.25, 0.3) is 0 Å². The fourth-order valence-corrected chi connectivity index (χ4v) is 2.08. The van der Waals surface area contributed by atoms with Gasteiger partial charge in [-0.25, -0.2) is 9.97 Å². The van der Waals surface area contributed by atoms with Crippen LogP contribution in [-0.2, 0) is 19.0 Å². The minimum atomic E-state index is -4.44. The molecule has 2 rings (SSSR count). The van der Waals surface area contributed by atoms with Crippen molar-refractivity contribution in [3.05, 3.63) is 47.3 Å². The molecule has 0 radical (unpaired) electrons. The van der Waals surface area contributed by atoms with Crippen LogP contribution < -0.4 is 10.1 Å². The van der Waals surface area contributed by atoms with Crippen molar-refractivity contribution in [1.82, 2.24) is 9.97 Å². The Morgan fingerprint density at radius 3 is 2.39 bits per heavy atom. The molecule has 0 aliphatic carbocycles. The summed E-state index contributed by atoms with van der Waals surface area (Å²) >= 11 is 0. The molecule has 0 aliphatic heterocycles. The highest BCUT2D eigenvalue weighted by Gasteiger charge is 2.34. The van der Waals surface area contributed by atoms with Gasteiger partial charge in [-0.15, -0.1) is 0 Å². The summed E-state index contributed by atoms with van der Waals surface area (Å²) in [5, 5.41) is 3.00. The summed E-state index contributed by atoms with van der Waals surface area (Å²) < 4.78 is 43.6. The number of rotatable bonds is 6.